The van der Waals surface area contributed by atoms with Crippen molar-refractivity contribution in [2.45, 2.75) is 20.8 Å². The first-order valence-corrected chi connectivity index (χ1v) is 6.22. The minimum Gasteiger partial charge on any atom is -0.465 e. The van der Waals surface area contributed by atoms with Gasteiger partial charge in [-0.25, -0.2) is 0 Å². The average Bonchev–Trinajstić information content (AvgIpc) is 2.29. The maximum absolute atomic E-state index is 11.4. The maximum atomic E-state index is 11.4. The summed E-state index contributed by atoms with van der Waals surface area (Å²) in [5, 5.41) is 0. The molecule has 0 spiro atoms. The largest absolute Gasteiger partial charge is 0.465 e. The average molecular weight is 275 g/mol. The van der Waals surface area contributed by atoms with Gasteiger partial charge in [0.1, 0.15) is 0 Å². The zero-order valence-electron chi connectivity index (χ0n) is 11.6. The number of nitrogens with zero attached hydrogens (tertiary/aromatic N) is 1. The number of ether oxygens (including phenoxy) is 3. The van der Waals surface area contributed by atoms with Crippen LogP contribution in [-0.2, 0) is 28.6 Å². The minimum atomic E-state index is -0.504. The van der Waals surface area contributed by atoms with E-state index in [0.717, 1.165) is 0 Å². The van der Waals surface area contributed by atoms with Crippen molar-refractivity contribution in [3.8, 4) is 0 Å². The fourth-order valence-electron chi connectivity index (χ4n) is 1.34. The number of hydrogen-bond donors (Lipinski definition) is 0. The van der Waals surface area contributed by atoms with Crippen LogP contribution in [-0.4, -0.2) is 62.3 Å². The highest BCUT2D eigenvalue weighted by atomic mass is 16.5. The molecule has 0 radical (unpaired) electrons. The highest BCUT2D eigenvalue weighted by molar-refractivity contribution is 5.78. The van der Waals surface area contributed by atoms with Crippen molar-refractivity contribution in [3.63, 3.8) is 0 Å². The van der Waals surface area contributed by atoms with Crippen LogP contribution in [0.15, 0.2) is 0 Å². The third kappa shape index (κ3) is 9.01. The van der Waals surface area contributed by atoms with Crippen molar-refractivity contribution in [2.24, 2.45) is 0 Å². The second-order valence-corrected chi connectivity index (χ2v) is 3.56. The van der Waals surface area contributed by atoms with Crippen LogP contribution in [0.2, 0.25) is 0 Å². The molecule has 0 atom stereocenters. The normalized spacial score (nSPS) is 10.1. The molecule has 0 aromatic heterocycles. The van der Waals surface area contributed by atoms with Crippen LogP contribution in [0.25, 0.3) is 0 Å². The Kier molecular flexibility index (Phi) is 9.42. The van der Waals surface area contributed by atoms with E-state index in [1.54, 1.807) is 20.8 Å². The van der Waals surface area contributed by atoms with E-state index in [-0.39, 0.29) is 39.5 Å². The molecule has 0 fully saturated rings. The fourth-order valence-corrected chi connectivity index (χ4v) is 1.34. The van der Waals surface area contributed by atoms with Crippen LogP contribution in [0.4, 0.5) is 0 Å². The summed E-state index contributed by atoms with van der Waals surface area (Å²) in [6, 6.07) is 0. The molecule has 0 saturated carbocycles. The Morgan fingerprint density at radius 1 is 0.684 bits per heavy atom. The first-order chi connectivity index (χ1) is 9.03. The van der Waals surface area contributed by atoms with E-state index in [2.05, 4.69) is 0 Å². The van der Waals surface area contributed by atoms with Crippen LogP contribution < -0.4 is 0 Å². The number of carbonyl (C=O) groups is 3. The molecule has 0 amide bonds. The first-order valence-electron chi connectivity index (χ1n) is 6.22. The second kappa shape index (κ2) is 10.3. The third-order valence-electron chi connectivity index (χ3n) is 1.97. The summed E-state index contributed by atoms with van der Waals surface area (Å²) in [6.45, 7) is 5.28. The van der Waals surface area contributed by atoms with Gasteiger partial charge in [0, 0.05) is 0 Å². The lowest BCUT2D eigenvalue weighted by molar-refractivity contribution is -0.151. The van der Waals surface area contributed by atoms with Gasteiger partial charge in [0.25, 0.3) is 0 Å². The molecule has 0 aliphatic carbocycles. The van der Waals surface area contributed by atoms with Gasteiger partial charge in [-0.05, 0) is 20.8 Å². The van der Waals surface area contributed by atoms with Crippen molar-refractivity contribution >= 4 is 17.9 Å². The lowest BCUT2D eigenvalue weighted by Crippen LogP contribution is -2.40. The predicted octanol–water partition coefficient (Wildman–Crippen LogP) is -0.0223. The Morgan fingerprint density at radius 2 is 0.947 bits per heavy atom. The SMILES string of the molecule is CCOC(=O)CN(CC(=O)OCC)CC(=O)OCC. The monoisotopic (exact) mass is 275 g/mol. The van der Waals surface area contributed by atoms with Crippen LogP contribution in [0.1, 0.15) is 20.8 Å². The summed E-state index contributed by atoms with van der Waals surface area (Å²) in [4.78, 5) is 35.4. The van der Waals surface area contributed by atoms with Gasteiger partial charge in [0.05, 0.1) is 39.5 Å². The summed E-state index contributed by atoms with van der Waals surface area (Å²) in [7, 11) is 0. The summed E-state index contributed by atoms with van der Waals surface area (Å²) in [5.41, 5.74) is 0. The van der Waals surface area contributed by atoms with Crippen molar-refractivity contribution < 1.29 is 28.6 Å². The van der Waals surface area contributed by atoms with Crippen LogP contribution >= 0.6 is 0 Å². The van der Waals surface area contributed by atoms with Crippen molar-refractivity contribution in [1.82, 2.24) is 4.90 Å². The molecule has 7 nitrogen and oxygen atoms in total. The van der Waals surface area contributed by atoms with Gasteiger partial charge in [0.2, 0.25) is 0 Å². The Bertz CT molecular complexity index is 257. The summed E-state index contributed by atoms with van der Waals surface area (Å²) in [5.74, 6) is -1.51. The summed E-state index contributed by atoms with van der Waals surface area (Å²) in [6.07, 6.45) is 0. The molecule has 0 aliphatic heterocycles. The van der Waals surface area contributed by atoms with E-state index >= 15 is 0 Å². The summed E-state index contributed by atoms with van der Waals surface area (Å²) >= 11 is 0. The lowest BCUT2D eigenvalue weighted by Gasteiger charge is -2.19. The molecule has 0 aromatic rings. The predicted molar refractivity (Wildman–Crippen MR) is 66.3 cm³/mol. The van der Waals surface area contributed by atoms with Gasteiger partial charge in [-0.15, -0.1) is 0 Å². The van der Waals surface area contributed by atoms with Crippen LogP contribution in [0.3, 0.4) is 0 Å². The first kappa shape index (κ1) is 17.4. The van der Waals surface area contributed by atoms with E-state index in [1.807, 2.05) is 0 Å². The number of hydrogen-bond acceptors (Lipinski definition) is 7. The van der Waals surface area contributed by atoms with Gasteiger partial charge in [-0.1, -0.05) is 0 Å². The van der Waals surface area contributed by atoms with E-state index < -0.39 is 17.9 Å². The Hall–Kier alpha value is -1.63. The summed E-state index contributed by atoms with van der Waals surface area (Å²) < 4.78 is 14.3. The van der Waals surface area contributed by atoms with Gasteiger partial charge in [-0.3, -0.25) is 19.3 Å². The molecule has 0 N–H and O–H groups in total. The Morgan fingerprint density at radius 3 is 1.16 bits per heavy atom. The van der Waals surface area contributed by atoms with E-state index in [1.165, 1.54) is 4.90 Å². The van der Waals surface area contributed by atoms with Crippen molar-refractivity contribution in [1.29, 1.82) is 0 Å². The topological polar surface area (TPSA) is 82.1 Å². The number of esters is 3. The van der Waals surface area contributed by atoms with Gasteiger partial charge < -0.3 is 14.2 Å². The zero-order chi connectivity index (χ0) is 14.7. The molecule has 0 unspecified atom stereocenters. The third-order valence-corrected chi connectivity index (χ3v) is 1.97. The molecule has 0 rings (SSSR count). The smallest absolute Gasteiger partial charge is 0.320 e. The lowest BCUT2D eigenvalue weighted by atomic mass is 10.4. The second-order valence-electron chi connectivity index (χ2n) is 3.56. The number of carbonyl (C=O) groups excluding carboxylic acids is 3. The molecule has 0 saturated heterocycles. The number of rotatable bonds is 9. The Balaban J connectivity index is 4.40. The standard InChI is InChI=1S/C12H21NO6/c1-4-17-10(14)7-13(8-11(15)18-5-2)9-12(16)19-6-3/h4-9H2,1-3H3. The molecule has 110 valence electrons. The Labute approximate surface area is 112 Å². The minimum absolute atomic E-state index is 0.161. The van der Waals surface area contributed by atoms with Crippen LogP contribution in [0, 0.1) is 0 Å². The molecule has 0 heterocycles. The van der Waals surface area contributed by atoms with Crippen LogP contribution in [0.5, 0.6) is 0 Å². The van der Waals surface area contributed by atoms with Crippen molar-refractivity contribution in [3.05, 3.63) is 0 Å². The van der Waals surface area contributed by atoms with E-state index in [9.17, 15) is 14.4 Å². The molecule has 7 heteroatoms. The maximum Gasteiger partial charge on any atom is 0.320 e. The molecular weight excluding hydrogens is 254 g/mol. The highest BCUT2D eigenvalue weighted by Crippen LogP contribution is 1.95. The van der Waals surface area contributed by atoms with E-state index in [0.29, 0.717) is 0 Å². The van der Waals surface area contributed by atoms with E-state index in [4.69, 9.17) is 14.2 Å². The van der Waals surface area contributed by atoms with Crippen molar-refractivity contribution in [2.75, 3.05) is 39.5 Å². The molecule has 0 aliphatic rings. The van der Waals surface area contributed by atoms with Gasteiger partial charge in [0.15, 0.2) is 0 Å². The van der Waals surface area contributed by atoms with Gasteiger partial charge in [-0.2, -0.15) is 0 Å². The zero-order valence-corrected chi connectivity index (χ0v) is 11.6. The molecule has 19 heavy (non-hydrogen) atoms. The highest BCUT2D eigenvalue weighted by Gasteiger charge is 2.19. The van der Waals surface area contributed by atoms with Gasteiger partial charge >= 0.3 is 17.9 Å². The molecular formula is C12H21NO6. The molecule has 0 aromatic carbocycles. The molecule has 0 bridgehead atoms. The fraction of sp³-hybridized carbons (Fsp3) is 0.750. The quantitative estimate of drug-likeness (QED) is 0.432.